The van der Waals surface area contributed by atoms with Crippen molar-refractivity contribution in [3.8, 4) is 10.6 Å². The van der Waals surface area contributed by atoms with Gasteiger partial charge >= 0.3 is 6.18 Å². The number of nitrogens with one attached hydrogen (secondary N) is 1. The molecule has 0 saturated carbocycles. The van der Waals surface area contributed by atoms with E-state index in [0.29, 0.717) is 17.5 Å². The number of alkyl halides is 3. The van der Waals surface area contributed by atoms with Crippen molar-refractivity contribution in [3.05, 3.63) is 66.4 Å². The van der Waals surface area contributed by atoms with Gasteiger partial charge in [-0.3, -0.25) is 9.71 Å². The molecule has 0 fully saturated rings. The molecule has 5 nitrogen and oxygen atoms in total. The normalized spacial score (nSPS) is 14.5. The molecule has 0 aliphatic heterocycles. The molecule has 148 valence electrons. The number of nitrogens with zero attached hydrogens (tertiary/aromatic N) is 1. The van der Waals surface area contributed by atoms with Crippen molar-refractivity contribution in [1.29, 1.82) is 0 Å². The van der Waals surface area contributed by atoms with Crippen LogP contribution in [0.2, 0.25) is 0 Å². The minimum absolute atomic E-state index is 0.0412. The van der Waals surface area contributed by atoms with Gasteiger partial charge in [-0.05, 0) is 48.9 Å². The van der Waals surface area contributed by atoms with Crippen LogP contribution in [0.3, 0.4) is 0 Å². The third kappa shape index (κ3) is 4.03. The molecule has 0 aliphatic carbocycles. The SMILES string of the molecule is CC(O)(c1ccc(NS(=O)(=O)c2ccc(-c3ccccn3)s2)cc1)C(F)(F)F. The van der Waals surface area contributed by atoms with Gasteiger partial charge in [0.2, 0.25) is 0 Å². The number of aliphatic hydroxyl groups is 1. The molecule has 0 amide bonds. The molecule has 0 bridgehead atoms. The highest BCUT2D eigenvalue weighted by Crippen LogP contribution is 2.39. The average molecular weight is 428 g/mol. The van der Waals surface area contributed by atoms with Crippen LogP contribution < -0.4 is 4.72 Å². The molecule has 1 aromatic carbocycles. The van der Waals surface area contributed by atoms with Gasteiger partial charge in [0.05, 0.1) is 10.6 Å². The maximum Gasteiger partial charge on any atom is 0.421 e. The van der Waals surface area contributed by atoms with Gasteiger partial charge in [0.25, 0.3) is 10.0 Å². The van der Waals surface area contributed by atoms with E-state index in [2.05, 4.69) is 9.71 Å². The molecular weight excluding hydrogens is 413 g/mol. The maximum absolute atomic E-state index is 12.9. The molecule has 2 aromatic heterocycles. The molecular formula is C18H15F3N2O3S2. The van der Waals surface area contributed by atoms with Crippen LogP contribution in [0.1, 0.15) is 12.5 Å². The quantitative estimate of drug-likeness (QED) is 0.632. The highest BCUT2D eigenvalue weighted by molar-refractivity contribution is 7.94. The Hall–Kier alpha value is -2.43. The lowest BCUT2D eigenvalue weighted by atomic mass is 9.95. The molecule has 2 N–H and O–H groups in total. The van der Waals surface area contributed by atoms with E-state index >= 15 is 0 Å². The first kappa shape index (κ1) is 20.3. The standard InChI is InChI=1S/C18H15F3N2O3S2/c1-17(24,18(19,20)21)12-5-7-13(8-6-12)23-28(25,26)16-10-9-15(27-16)14-4-2-3-11-22-14/h2-11,23-24H,1H3. The van der Waals surface area contributed by atoms with E-state index < -0.39 is 27.4 Å². The molecule has 28 heavy (non-hydrogen) atoms. The number of halogens is 3. The molecule has 0 spiro atoms. The largest absolute Gasteiger partial charge is 0.421 e. The lowest BCUT2D eigenvalue weighted by Crippen LogP contribution is -2.39. The van der Waals surface area contributed by atoms with Crippen LogP contribution in [0.4, 0.5) is 18.9 Å². The van der Waals surface area contributed by atoms with Crippen molar-refractivity contribution in [2.45, 2.75) is 22.9 Å². The van der Waals surface area contributed by atoms with Crippen LogP contribution in [0.25, 0.3) is 10.6 Å². The summed E-state index contributed by atoms with van der Waals surface area (Å²) in [6.45, 7) is 0.636. The Morgan fingerprint density at radius 3 is 2.29 bits per heavy atom. The van der Waals surface area contributed by atoms with E-state index in [1.54, 1.807) is 30.5 Å². The summed E-state index contributed by atoms with van der Waals surface area (Å²) in [6, 6.07) is 12.7. The van der Waals surface area contributed by atoms with Gasteiger partial charge in [-0.1, -0.05) is 18.2 Å². The average Bonchev–Trinajstić information content (AvgIpc) is 3.13. The summed E-state index contributed by atoms with van der Waals surface area (Å²) in [7, 11) is -3.92. The number of hydrogen-bond donors (Lipinski definition) is 2. The van der Waals surface area contributed by atoms with E-state index in [-0.39, 0.29) is 9.90 Å². The lowest BCUT2D eigenvalue weighted by molar-refractivity contribution is -0.258. The molecule has 2 heterocycles. The molecule has 0 radical (unpaired) electrons. The summed E-state index contributed by atoms with van der Waals surface area (Å²) in [5, 5.41) is 9.67. The van der Waals surface area contributed by atoms with Gasteiger partial charge in [-0.2, -0.15) is 13.2 Å². The fourth-order valence-corrected chi connectivity index (χ4v) is 4.68. The number of benzene rings is 1. The molecule has 1 unspecified atom stereocenters. The molecule has 10 heteroatoms. The van der Waals surface area contributed by atoms with Crippen LogP contribution in [-0.2, 0) is 15.6 Å². The Morgan fingerprint density at radius 1 is 1.04 bits per heavy atom. The topological polar surface area (TPSA) is 79.3 Å². The van der Waals surface area contributed by atoms with Crippen molar-refractivity contribution in [3.63, 3.8) is 0 Å². The number of rotatable bonds is 5. The van der Waals surface area contributed by atoms with Crippen molar-refractivity contribution in [1.82, 2.24) is 4.98 Å². The minimum atomic E-state index is -4.85. The van der Waals surface area contributed by atoms with Crippen molar-refractivity contribution in [2.75, 3.05) is 4.72 Å². The van der Waals surface area contributed by atoms with Crippen molar-refractivity contribution >= 4 is 27.0 Å². The summed E-state index contributed by atoms with van der Waals surface area (Å²) in [5.41, 5.74) is -2.71. The zero-order chi connectivity index (χ0) is 20.6. The fourth-order valence-electron chi connectivity index (χ4n) is 2.34. The fraction of sp³-hybridized carbons (Fsp3) is 0.167. The predicted octanol–water partition coefficient (Wildman–Crippen LogP) is 4.38. The minimum Gasteiger partial charge on any atom is -0.376 e. The van der Waals surface area contributed by atoms with Gasteiger partial charge < -0.3 is 5.11 Å². The van der Waals surface area contributed by atoms with E-state index in [0.717, 1.165) is 23.5 Å². The summed E-state index contributed by atoms with van der Waals surface area (Å²) in [4.78, 5) is 4.82. The second-order valence-electron chi connectivity index (χ2n) is 6.09. The second-order valence-corrected chi connectivity index (χ2v) is 9.08. The molecule has 0 aliphatic rings. The van der Waals surface area contributed by atoms with Crippen molar-refractivity contribution in [2.24, 2.45) is 0 Å². The first-order chi connectivity index (χ1) is 13.0. The zero-order valence-electron chi connectivity index (χ0n) is 14.4. The number of aromatic nitrogens is 1. The van der Waals surface area contributed by atoms with Crippen LogP contribution >= 0.6 is 11.3 Å². The van der Waals surface area contributed by atoms with E-state index in [1.165, 1.54) is 18.2 Å². The van der Waals surface area contributed by atoms with Crippen LogP contribution in [0.15, 0.2) is 65.0 Å². The van der Waals surface area contributed by atoms with E-state index in [9.17, 15) is 26.7 Å². The van der Waals surface area contributed by atoms with Crippen LogP contribution in [-0.4, -0.2) is 24.7 Å². The Morgan fingerprint density at radius 2 is 1.71 bits per heavy atom. The van der Waals surface area contributed by atoms with Crippen LogP contribution in [0.5, 0.6) is 0 Å². The Bertz CT molecular complexity index is 1060. The molecule has 0 saturated heterocycles. The van der Waals surface area contributed by atoms with E-state index in [1.807, 2.05) is 0 Å². The monoisotopic (exact) mass is 428 g/mol. The summed E-state index contributed by atoms with van der Waals surface area (Å²) in [5.74, 6) is 0. The number of sulfonamides is 1. The zero-order valence-corrected chi connectivity index (χ0v) is 16.1. The maximum atomic E-state index is 12.9. The summed E-state index contributed by atoms with van der Waals surface area (Å²) in [6.07, 6.45) is -3.26. The van der Waals surface area contributed by atoms with Crippen molar-refractivity contribution < 1.29 is 26.7 Å². The smallest absolute Gasteiger partial charge is 0.376 e. The second kappa shape index (κ2) is 7.19. The summed E-state index contributed by atoms with van der Waals surface area (Å²) < 4.78 is 66.1. The Balaban J connectivity index is 1.81. The Kier molecular flexibility index (Phi) is 5.22. The number of pyridine rings is 1. The predicted molar refractivity (Wildman–Crippen MR) is 100 cm³/mol. The van der Waals surface area contributed by atoms with E-state index in [4.69, 9.17) is 0 Å². The third-order valence-electron chi connectivity index (χ3n) is 4.01. The van der Waals surface area contributed by atoms with Gasteiger partial charge in [0, 0.05) is 11.9 Å². The van der Waals surface area contributed by atoms with Gasteiger partial charge in [-0.15, -0.1) is 11.3 Å². The number of hydrogen-bond acceptors (Lipinski definition) is 5. The third-order valence-corrected chi connectivity index (χ3v) is 7.00. The molecule has 1 atom stereocenters. The van der Waals surface area contributed by atoms with Crippen LogP contribution in [0, 0.1) is 0 Å². The first-order valence-corrected chi connectivity index (χ1v) is 10.2. The van der Waals surface area contributed by atoms with Gasteiger partial charge in [-0.25, -0.2) is 8.42 Å². The number of thiophene rings is 1. The first-order valence-electron chi connectivity index (χ1n) is 7.94. The Labute approximate surface area is 163 Å². The number of anilines is 1. The van der Waals surface area contributed by atoms with Gasteiger partial charge in [0.1, 0.15) is 4.21 Å². The molecule has 3 aromatic rings. The molecule has 3 rings (SSSR count). The van der Waals surface area contributed by atoms with Gasteiger partial charge in [0.15, 0.2) is 5.60 Å². The lowest BCUT2D eigenvalue weighted by Gasteiger charge is -2.26. The highest BCUT2D eigenvalue weighted by Gasteiger charge is 2.51. The summed E-state index contributed by atoms with van der Waals surface area (Å²) >= 11 is 1.02. The highest BCUT2D eigenvalue weighted by atomic mass is 32.2.